The Morgan fingerprint density at radius 2 is 2.47 bits per heavy atom. The van der Waals surface area contributed by atoms with Gasteiger partial charge in [0, 0.05) is 16.4 Å². The molecule has 3 rings (SSSR count). The van der Waals surface area contributed by atoms with Crippen LogP contribution in [-0.2, 0) is 6.42 Å². The lowest BCUT2D eigenvalue weighted by Gasteiger charge is -2.22. The van der Waals surface area contributed by atoms with Crippen LogP contribution in [0.4, 0.5) is 5.13 Å². The average molecular weight is 237 g/mol. The minimum Gasteiger partial charge on any atom is -0.353 e. The average Bonchev–Trinajstić information content (AvgIpc) is 2.87. The van der Waals surface area contributed by atoms with E-state index in [1.54, 1.807) is 6.33 Å². The standard InChI is InChI=1S/C10H11N3S2/c1-2-8(13-10-11-6-12-15-10)7-4-5-14-9(7)3-1/h4-6,8H,1-3H2,(H,11,12,13). The smallest absolute Gasteiger partial charge is 0.202 e. The molecule has 0 saturated carbocycles. The first-order chi connectivity index (χ1) is 7.43. The number of thiophene rings is 1. The van der Waals surface area contributed by atoms with E-state index < -0.39 is 0 Å². The summed E-state index contributed by atoms with van der Waals surface area (Å²) in [6.07, 6.45) is 5.30. The first-order valence-electron chi connectivity index (χ1n) is 5.03. The van der Waals surface area contributed by atoms with E-state index in [1.165, 1.54) is 41.2 Å². The molecule has 0 aliphatic heterocycles. The number of aryl methyl sites for hydroxylation is 1. The zero-order valence-corrected chi connectivity index (χ0v) is 9.77. The first-order valence-corrected chi connectivity index (χ1v) is 6.68. The van der Waals surface area contributed by atoms with Crippen molar-refractivity contribution in [3.63, 3.8) is 0 Å². The molecule has 1 aliphatic rings. The fourth-order valence-electron chi connectivity index (χ4n) is 2.02. The maximum atomic E-state index is 4.17. The Balaban J connectivity index is 1.84. The van der Waals surface area contributed by atoms with Gasteiger partial charge in [0.25, 0.3) is 0 Å². The quantitative estimate of drug-likeness (QED) is 0.872. The Bertz CT molecular complexity index is 435. The van der Waals surface area contributed by atoms with Gasteiger partial charge in [0.1, 0.15) is 6.33 Å². The maximum Gasteiger partial charge on any atom is 0.202 e. The monoisotopic (exact) mass is 237 g/mol. The zero-order valence-electron chi connectivity index (χ0n) is 8.14. The van der Waals surface area contributed by atoms with Crippen molar-refractivity contribution >= 4 is 28.0 Å². The molecular formula is C10H11N3S2. The van der Waals surface area contributed by atoms with Crippen molar-refractivity contribution in [3.05, 3.63) is 28.2 Å². The van der Waals surface area contributed by atoms with E-state index in [4.69, 9.17) is 0 Å². The fourth-order valence-corrected chi connectivity index (χ4v) is 3.49. The minimum absolute atomic E-state index is 0.438. The Morgan fingerprint density at radius 1 is 1.47 bits per heavy atom. The Hall–Kier alpha value is -0.940. The molecule has 2 aromatic heterocycles. The van der Waals surface area contributed by atoms with Crippen LogP contribution in [0, 0.1) is 0 Å². The third-order valence-electron chi connectivity index (χ3n) is 2.71. The molecule has 1 aliphatic carbocycles. The number of nitrogens with one attached hydrogen (secondary N) is 1. The van der Waals surface area contributed by atoms with Crippen molar-refractivity contribution < 1.29 is 0 Å². The molecule has 0 fully saturated rings. The first kappa shape index (κ1) is 9.30. The van der Waals surface area contributed by atoms with E-state index in [9.17, 15) is 0 Å². The number of hydrogen-bond acceptors (Lipinski definition) is 5. The molecule has 2 heterocycles. The summed E-state index contributed by atoms with van der Waals surface area (Å²) in [6, 6.07) is 2.67. The lowest BCUT2D eigenvalue weighted by atomic mass is 9.94. The van der Waals surface area contributed by atoms with Gasteiger partial charge in [0.15, 0.2) is 0 Å². The molecular weight excluding hydrogens is 226 g/mol. The molecule has 3 nitrogen and oxygen atoms in total. The van der Waals surface area contributed by atoms with Gasteiger partial charge in [0.05, 0.1) is 6.04 Å². The summed E-state index contributed by atoms with van der Waals surface area (Å²) >= 11 is 3.29. The van der Waals surface area contributed by atoms with Gasteiger partial charge in [-0.05, 0) is 36.3 Å². The van der Waals surface area contributed by atoms with Crippen molar-refractivity contribution in [2.75, 3.05) is 5.32 Å². The van der Waals surface area contributed by atoms with E-state index >= 15 is 0 Å². The zero-order chi connectivity index (χ0) is 10.1. The molecule has 5 heteroatoms. The Morgan fingerprint density at radius 3 is 3.33 bits per heavy atom. The van der Waals surface area contributed by atoms with E-state index in [0.29, 0.717) is 6.04 Å². The van der Waals surface area contributed by atoms with Crippen molar-refractivity contribution in [3.8, 4) is 0 Å². The van der Waals surface area contributed by atoms with Crippen molar-refractivity contribution in [1.82, 2.24) is 9.36 Å². The second-order valence-electron chi connectivity index (χ2n) is 3.63. The van der Waals surface area contributed by atoms with Crippen LogP contribution in [0.5, 0.6) is 0 Å². The summed E-state index contributed by atoms with van der Waals surface area (Å²) in [5.74, 6) is 0. The normalized spacial score (nSPS) is 19.9. The molecule has 0 bridgehead atoms. The summed E-state index contributed by atoms with van der Waals surface area (Å²) in [6.45, 7) is 0. The molecule has 0 aromatic carbocycles. The van der Waals surface area contributed by atoms with E-state index in [1.807, 2.05) is 11.3 Å². The van der Waals surface area contributed by atoms with Gasteiger partial charge in [-0.3, -0.25) is 0 Å². The summed E-state index contributed by atoms with van der Waals surface area (Å²) in [5, 5.41) is 6.57. The van der Waals surface area contributed by atoms with Crippen LogP contribution in [0.2, 0.25) is 0 Å². The molecule has 0 radical (unpaired) electrons. The number of nitrogens with zero attached hydrogens (tertiary/aromatic N) is 2. The summed E-state index contributed by atoms with van der Waals surface area (Å²) < 4.78 is 4.00. The predicted octanol–water partition coefficient (Wildman–Crippen LogP) is 3.09. The van der Waals surface area contributed by atoms with Crippen LogP contribution >= 0.6 is 22.9 Å². The third kappa shape index (κ3) is 1.77. The molecule has 0 saturated heterocycles. The van der Waals surface area contributed by atoms with Crippen LogP contribution in [-0.4, -0.2) is 9.36 Å². The second kappa shape index (κ2) is 3.90. The van der Waals surface area contributed by atoms with Crippen LogP contribution in [0.25, 0.3) is 0 Å². The summed E-state index contributed by atoms with van der Waals surface area (Å²) in [7, 11) is 0. The van der Waals surface area contributed by atoms with Crippen LogP contribution in [0.15, 0.2) is 17.8 Å². The van der Waals surface area contributed by atoms with Crippen molar-refractivity contribution in [2.24, 2.45) is 0 Å². The van der Waals surface area contributed by atoms with Crippen LogP contribution in [0.1, 0.15) is 29.3 Å². The van der Waals surface area contributed by atoms with Gasteiger partial charge < -0.3 is 5.32 Å². The number of aromatic nitrogens is 2. The molecule has 1 unspecified atom stereocenters. The molecule has 2 aromatic rings. The second-order valence-corrected chi connectivity index (χ2v) is 5.42. The van der Waals surface area contributed by atoms with E-state index in [2.05, 4.69) is 26.1 Å². The largest absolute Gasteiger partial charge is 0.353 e. The van der Waals surface area contributed by atoms with E-state index in [0.717, 1.165) is 5.13 Å². The van der Waals surface area contributed by atoms with Crippen molar-refractivity contribution in [2.45, 2.75) is 25.3 Å². The molecule has 78 valence electrons. The van der Waals surface area contributed by atoms with Gasteiger partial charge in [0.2, 0.25) is 5.13 Å². The summed E-state index contributed by atoms with van der Waals surface area (Å²) in [5.41, 5.74) is 1.46. The lowest BCUT2D eigenvalue weighted by molar-refractivity contribution is 0.608. The van der Waals surface area contributed by atoms with Gasteiger partial charge in [-0.25, -0.2) is 4.98 Å². The van der Waals surface area contributed by atoms with Gasteiger partial charge in [-0.15, -0.1) is 11.3 Å². The third-order valence-corrected chi connectivity index (χ3v) is 4.30. The topological polar surface area (TPSA) is 37.8 Å². The number of rotatable bonds is 2. The Labute approximate surface area is 96.4 Å². The van der Waals surface area contributed by atoms with Crippen molar-refractivity contribution in [1.29, 1.82) is 0 Å². The number of hydrogen-bond donors (Lipinski definition) is 1. The molecule has 1 N–H and O–H groups in total. The van der Waals surface area contributed by atoms with Crippen LogP contribution < -0.4 is 5.32 Å². The predicted molar refractivity (Wildman–Crippen MR) is 63.5 cm³/mol. The summed E-state index contributed by atoms with van der Waals surface area (Å²) in [4.78, 5) is 5.70. The fraction of sp³-hybridized carbons (Fsp3) is 0.400. The molecule has 15 heavy (non-hydrogen) atoms. The van der Waals surface area contributed by atoms with E-state index in [-0.39, 0.29) is 0 Å². The SMILES string of the molecule is c1nsc(NC2CCCc3sccc32)n1. The van der Waals surface area contributed by atoms with Crippen LogP contribution in [0.3, 0.4) is 0 Å². The molecule has 1 atom stereocenters. The minimum atomic E-state index is 0.438. The van der Waals surface area contributed by atoms with Gasteiger partial charge in [-0.1, -0.05) is 0 Å². The highest BCUT2D eigenvalue weighted by atomic mass is 32.1. The lowest BCUT2D eigenvalue weighted by Crippen LogP contribution is -2.15. The highest BCUT2D eigenvalue weighted by Crippen LogP contribution is 2.35. The highest BCUT2D eigenvalue weighted by molar-refractivity contribution is 7.10. The molecule has 0 spiro atoms. The van der Waals surface area contributed by atoms with Gasteiger partial charge in [-0.2, -0.15) is 4.37 Å². The highest BCUT2D eigenvalue weighted by Gasteiger charge is 2.21. The number of fused-ring (bicyclic) bond motifs is 1. The number of anilines is 1. The maximum absolute atomic E-state index is 4.17. The Kier molecular flexibility index (Phi) is 2.42. The molecule has 0 amide bonds. The van der Waals surface area contributed by atoms with Gasteiger partial charge >= 0.3 is 0 Å².